The van der Waals surface area contributed by atoms with E-state index in [-0.39, 0.29) is 5.78 Å². The first-order valence-electron chi connectivity index (χ1n) is 6.12. The van der Waals surface area contributed by atoms with E-state index < -0.39 is 17.7 Å². The molecule has 0 spiro atoms. The summed E-state index contributed by atoms with van der Waals surface area (Å²) in [7, 11) is 0. The number of hydrogen-bond acceptors (Lipinski definition) is 1. The van der Waals surface area contributed by atoms with Gasteiger partial charge in [0.05, 0.1) is 11.5 Å². The first-order chi connectivity index (χ1) is 9.39. The summed E-state index contributed by atoms with van der Waals surface area (Å²) in [5, 5.41) is 0. The zero-order valence-electron chi connectivity index (χ0n) is 10.8. The molecule has 104 valence electrons. The monoisotopic (exact) mass is 278 g/mol. The van der Waals surface area contributed by atoms with Gasteiger partial charge in [-0.3, -0.25) is 4.79 Å². The van der Waals surface area contributed by atoms with Gasteiger partial charge in [0.2, 0.25) is 0 Å². The molecule has 0 amide bonds. The fraction of sp³-hybridized carbons (Fsp3) is 0.188. The third kappa shape index (κ3) is 3.07. The van der Waals surface area contributed by atoms with Gasteiger partial charge in [-0.25, -0.2) is 0 Å². The lowest BCUT2D eigenvalue weighted by atomic mass is 9.88. The summed E-state index contributed by atoms with van der Waals surface area (Å²) in [6.07, 6.45) is -4.36. The van der Waals surface area contributed by atoms with Gasteiger partial charge in [0, 0.05) is 0 Å². The molecule has 0 heterocycles. The van der Waals surface area contributed by atoms with Crippen LogP contribution in [0.2, 0.25) is 0 Å². The van der Waals surface area contributed by atoms with E-state index in [1.807, 2.05) is 6.07 Å². The summed E-state index contributed by atoms with van der Waals surface area (Å²) >= 11 is 0. The van der Waals surface area contributed by atoms with Crippen LogP contribution in [0.3, 0.4) is 0 Å². The van der Waals surface area contributed by atoms with Crippen molar-refractivity contribution in [1.82, 2.24) is 0 Å². The Morgan fingerprint density at radius 1 is 0.900 bits per heavy atom. The molecule has 0 aromatic heterocycles. The highest BCUT2D eigenvalue weighted by Crippen LogP contribution is 2.32. The van der Waals surface area contributed by atoms with Crippen LogP contribution in [0.25, 0.3) is 0 Å². The average Bonchev–Trinajstić information content (AvgIpc) is 2.39. The molecule has 0 radical (unpaired) electrons. The molecular weight excluding hydrogens is 265 g/mol. The fourth-order valence-corrected chi connectivity index (χ4v) is 2.17. The van der Waals surface area contributed by atoms with E-state index in [2.05, 4.69) is 0 Å². The van der Waals surface area contributed by atoms with Gasteiger partial charge < -0.3 is 0 Å². The second-order valence-corrected chi connectivity index (χ2v) is 4.57. The SMILES string of the molecule is CC(=O)[C@@H](c1ccccc1)c1ccc(C(F)(F)F)cc1. The van der Waals surface area contributed by atoms with Crippen molar-refractivity contribution in [3.8, 4) is 0 Å². The largest absolute Gasteiger partial charge is 0.416 e. The summed E-state index contributed by atoms with van der Waals surface area (Å²) in [6, 6.07) is 13.8. The van der Waals surface area contributed by atoms with Crippen LogP contribution < -0.4 is 0 Å². The molecule has 0 unspecified atom stereocenters. The van der Waals surface area contributed by atoms with Gasteiger partial charge in [-0.05, 0) is 30.2 Å². The van der Waals surface area contributed by atoms with Gasteiger partial charge in [0.15, 0.2) is 0 Å². The summed E-state index contributed by atoms with van der Waals surface area (Å²) in [6.45, 7) is 1.44. The number of rotatable bonds is 3. The third-order valence-corrected chi connectivity index (χ3v) is 3.11. The normalized spacial score (nSPS) is 13.0. The second-order valence-electron chi connectivity index (χ2n) is 4.57. The molecule has 1 atom stereocenters. The Morgan fingerprint density at radius 3 is 1.85 bits per heavy atom. The van der Waals surface area contributed by atoms with Gasteiger partial charge >= 0.3 is 6.18 Å². The molecule has 20 heavy (non-hydrogen) atoms. The molecule has 2 rings (SSSR count). The zero-order chi connectivity index (χ0) is 14.8. The number of alkyl halides is 3. The smallest absolute Gasteiger partial charge is 0.299 e. The number of halogens is 3. The molecule has 4 heteroatoms. The summed E-state index contributed by atoms with van der Waals surface area (Å²) in [5.41, 5.74) is 0.632. The molecule has 0 aliphatic heterocycles. The maximum Gasteiger partial charge on any atom is 0.416 e. The standard InChI is InChI=1S/C16H13F3O/c1-11(20)15(12-5-3-2-4-6-12)13-7-9-14(10-8-13)16(17,18)19/h2-10,15H,1H3/t15-/m0/s1. The van der Waals surface area contributed by atoms with Crippen molar-refractivity contribution in [1.29, 1.82) is 0 Å². The number of hydrogen-bond donors (Lipinski definition) is 0. The minimum Gasteiger partial charge on any atom is -0.299 e. The van der Waals surface area contributed by atoms with Crippen LogP contribution in [0.5, 0.6) is 0 Å². The molecular formula is C16H13F3O. The molecule has 0 aliphatic rings. The number of ketones is 1. The maximum atomic E-state index is 12.5. The Labute approximate surface area is 115 Å². The first kappa shape index (κ1) is 14.3. The topological polar surface area (TPSA) is 17.1 Å². The quantitative estimate of drug-likeness (QED) is 0.812. The number of carbonyl (C=O) groups excluding carboxylic acids is 1. The van der Waals surface area contributed by atoms with Gasteiger partial charge in [-0.15, -0.1) is 0 Å². The lowest BCUT2D eigenvalue weighted by Crippen LogP contribution is -2.11. The number of benzene rings is 2. The Morgan fingerprint density at radius 2 is 1.40 bits per heavy atom. The van der Waals surface area contributed by atoms with E-state index in [1.165, 1.54) is 19.1 Å². The highest BCUT2D eigenvalue weighted by atomic mass is 19.4. The Balaban J connectivity index is 2.39. The Hall–Kier alpha value is -2.10. The minimum atomic E-state index is -4.36. The van der Waals surface area contributed by atoms with Crippen molar-refractivity contribution >= 4 is 5.78 Å². The van der Waals surface area contributed by atoms with Crippen molar-refractivity contribution in [3.05, 3.63) is 71.3 Å². The van der Waals surface area contributed by atoms with Crippen LogP contribution in [-0.2, 0) is 11.0 Å². The van der Waals surface area contributed by atoms with Crippen molar-refractivity contribution < 1.29 is 18.0 Å². The van der Waals surface area contributed by atoms with E-state index in [4.69, 9.17) is 0 Å². The Bertz CT molecular complexity index is 585. The van der Waals surface area contributed by atoms with Crippen LogP contribution in [0.15, 0.2) is 54.6 Å². The molecule has 2 aromatic carbocycles. The van der Waals surface area contributed by atoms with Crippen LogP contribution in [0.1, 0.15) is 29.5 Å². The van der Waals surface area contributed by atoms with Crippen LogP contribution in [0, 0.1) is 0 Å². The van der Waals surface area contributed by atoms with Crippen LogP contribution in [0.4, 0.5) is 13.2 Å². The molecule has 2 aromatic rings. The van der Waals surface area contributed by atoms with Crippen molar-refractivity contribution in [3.63, 3.8) is 0 Å². The van der Waals surface area contributed by atoms with Gasteiger partial charge in [0.1, 0.15) is 5.78 Å². The highest BCUT2D eigenvalue weighted by Gasteiger charge is 2.30. The fourth-order valence-electron chi connectivity index (χ4n) is 2.17. The van der Waals surface area contributed by atoms with E-state index >= 15 is 0 Å². The Kier molecular flexibility index (Phi) is 3.93. The van der Waals surface area contributed by atoms with Gasteiger partial charge in [0.25, 0.3) is 0 Å². The zero-order valence-corrected chi connectivity index (χ0v) is 10.8. The van der Waals surface area contributed by atoms with Crippen molar-refractivity contribution in [2.45, 2.75) is 19.0 Å². The predicted molar refractivity (Wildman–Crippen MR) is 70.4 cm³/mol. The molecule has 0 N–H and O–H groups in total. The number of Topliss-reactive ketones (excluding diaryl/α,β-unsaturated/α-hetero) is 1. The van der Waals surface area contributed by atoms with Crippen LogP contribution in [-0.4, -0.2) is 5.78 Å². The lowest BCUT2D eigenvalue weighted by molar-refractivity contribution is -0.137. The molecule has 0 fully saturated rings. The van der Waals surface area contributed by atoms with Crippen LogP contribution >= 0.6 is 0 Å². The maximum absolute atomic E-state index is 12.5. The second kappa shape index (κ2) is 5.49. The molecule has 1 nitrogen and oxygen atoms in total. The number of carbonyl (C=O) groups is 1. The first-order valence-corrected chi connectivity index (χ1v) is 6.12. The van der Waals surface area contributed by atoms with E-state index in [1.54, 1.807) is 24.3 Å². The lowest BCUT2D eigenvalue weighted by Gasteiger charge is -2.16. The third-order valence-electron chi connectivity index (χ3n) is 3.11. The molecule has 0 saturated heterocycles. The van der Waals surface area contributed by atoms with Gasteiger partial charge in [-0.1, -0.05) is 42.5 Å². The predicted octanol–water partition coefficient (Wildman–Crippen LogP) is 4.43. The minimum absolute atomic E-state index is 0.101. The van der Waals surface area contributed by atoms with Gasteiger partial charge in [-0.2, -0.15) is 13.2 Å². The molecule has 0 bridgehead atoms. The summed E-state index contributed by atoms with van der Waals surface area (Å²) in [5.74, 6) is -0.630. The van der Waals surface area contributed by atoms with E-state index in [0.717, 1.165) is 17.7 Å². The average molecular weight is 278 g/mol. The summed E-state index contributed by atoms with van der Waals surface area (Å²) < 4.78 is 37.6. The summed E-state index contributed by atoms with van der Waals surface area (Å²) in [4.78, 5) is 11.8. The van der Waals surface area contributed by atoms with Crippen molar-refractivity contribution in [2.75, 3.05) is 0 Å². The van der Waals surface area contributed by atoms with E-state index in [0.29, 0.717) is 5.56 Å². The molecule has 0 aliphatic carbocycles. The highest BCUT2D eigenvalue weighted by molar-refractivity contribution is 5.86. The van der Waals surface area contributed by atoms with Crippen molar-refractivity contribution in [2.24, 2.45) is 0 Å². The molecule has 0 saturated carbocycles. The van der Waals surface area contributed by atoms with E-state index in [9.17, 15) is 18.0 Å².